The number of nitrogens with zero attached hydrogens (tertiary/aromatic N) is 2. The summed E-state index contributed by atoms with van der Waals surface area (Å²) in [6, 6.07) is 6.06. The van der Waals surface area contributed by atoms with E-state index in [0.717, 1.165) is 25.9 Å². The van der Waals surface area contributed by atoms with Crippen molar-refractivity contribution in [1.82, 2.24) is 15.1 Å². The average Bonchev–Trinajstić information content (AvgIpc) is 3.25. The molecular weight excluding hydrogens is 323 g/mol. The average molecular weight is 346 g/mol. The van der Waals surface area contributed by atoms with E-state index in [1.807, 2.05) is 6.92 Å². The molecule has 7 heteroatoms. The van der Waals surface area contributed by atoms with Crippen LogP contribution >= 0.6 is 0 Å². The van der Waals surface area contributed by atoms with Gasteiger partial charge in [-0.25, -0.2) is 13.9 Å². The summed E-state index contributed by atoms with van der Waals surface area (Å²) in [4.78, 5) is 12.3. The Hall–Kier alpha value is -2.41. The predicted octanol–water partition coefficient (Wildman–Crippen LogP) is 3.40. The van der Waals surface area contributed by atoms with E-state index in [9.17, 15) is 9.18 Å². The van der Waals surface area contributed by atoms with Gasteiger partial charge in [-0.1, -0.05) is 19.1 Å². The molecule has 2 heterocycles. The lowest BCUT2D eigenvalue weighted by molar-refractivity contribution is 0.0804. The standard InChI is InChI=1S/C18H23FN4O2/c1-3-14(17-9-6-10-25-17)21-18(24)22-15-11-20-23(12(15)2)16-8-5-4-7-13(16)19/h4-5,7-8,11,14,17H,3,6,9-10H2,1-2H3,(H2,21,22,24)/t14-,17-/m1/s1. The van der Waals surface area contributed by atoms with Crippen molar-refractivity contribution in [2.24, 2.45) is 0 Å². The molecule has 1 saturated heterocycles. The number of rotatable bonds is 5. The van der Waals surface area contributed by atoms with E-state index in [4.69, 9.17) is 4.74 Å². The lowest BCUT2D eigenvalue weighted by atomic mass is 10.1. The van der Waals surface area contributed by atoms with Crippen LogP contribution in [0.2, 0.25) is 0 Å². The molecule has 0 spiro atoms. The molecule has 2 amide bonds. The largest absolute Gasteiger partial charge is 0.376 e. The number of hydrogen-bond donors (Lipinski definition) is 2. The van der Waals surface area contributed by atoms with Crippen LogP contribution in [0.3, 0.4) is 0 Å². The molecule has 1 aromatic heterocycles. The number of nitrogens with one attached hydrogen (secondary N) is 2. The first-order chi connectivity index (χ1) is 12.1. The normalized spacial score (nSPS) is 18.1. The van der Waals surface area contributed by atoms with Gasteiger partial charge in [-0.05, 0) is 38.3 Å². The van der Waals surface area contributed by atoms with E-state index >= 15 is 0 Å². The van der Waals surface area contributed by atoms with Crippen LogP contribution in [-0.2, 0) is 4.74 Å². The second-order valence-electron chi connectivity index (χ2n) is 6.17. The molecule has 2 atom stereocenters. The Balaban J connectivity index is 1.69. The second-order valence-corrected chi connectivity index (χ2v) is 6.17. The minimum atomic E-state index is -0.367. The molecule has 134 valence electrons. The monoisotopic (exact) mass is 346 g/mol. The molecule has 0 aliphatic carbocycles. The summed E-state index contributed by atoms with van der Waals surface area (Å²) >= 11 is 0. The fraction of sp³-hybridized carbons (Fsp3) is 0.444. The SMILES string of the molecule is CC[C@@H](NC(=O)Nc1cnn(-c2ccccc2F)c1C)[C@H]1CCCO1. The van der Waals surface area contributed by atoms with Crippen molar-refractivity contribution >= 4 is 11.7 Å². The molecule has 25 heavy (non-hydrogen) atoms. The number of carbonyl (C=O) groups excluding carboxylic acids is 1. The third-order valence-corrected chi connectivity index (χ3v) is 4.51. The molecule has 1 fully saturated rings. The summed E-state index contributed by atoms with van der Waals surface area (Å²) in [7, 11) is 0. The highest BCUT2D eigenvalue weighted by Crippen LogP contribution is 2.21. The van der Waals surface area contributed by atoms with Crippen LogP contribution in [0.25, 0.3) is 5.69 Å². The zero-order valence-electron chi connectivity index (χ0n) is 14.5. The topological polar surface area (TPSA) is 68.2 Å². The Morgan fingerprint density at radius 1 is 1.48 bits per heavy atom. The number of urea groups is 1. The zero-order chi connectivity index (χ0) is 17.8. The second kappa shape index (κ2) is 7.65. The van der Waals surface area contributed by atoms with Gasteiger partial charge in [-0.3, -0.25) is 0 Å². The van der Waals surface area contributed by atoms with Crippen LogP contribution < -0.4 is 10.6 Å². The maximum absolute atomic E-state index is 13.9. The first-order valence-corrected chi connectivity index (χ1v) is 8.58. The third-order valence-electron chi connectivity index (χ3n) is 4.51. The van der Waals surface area contributed by atoms with Gasteiger partial charge >= 0.3 is 6.03 Å². The van der Waals surface area contributed by atoms with E-state index in [0.29, 0.717) is 17.1 Å². The molecule has 6 nitrogen and oxygen atoms in total. The molecular formula is C18H23FN4O2. The van der Waals surface area contributed by atoms with Gasteiger partial charge in [0.1, 0.15) is 11.5 Å². The van der Waals surface area contributed by atoms with Gasteiger partial charge in [0.25, 0.3) is 0 Å². The lowest BCUT2D eigenvalue weighted by Crippen LogP contribution is -2.44. The fourth-order valence-electron chi connectivity index (χ4n) is 3.10. The summed E-state index contributed by atoms with van der Waals surface area (Å²) in [6.45, 7) is 4.56. The highest BCUT2D eigenvalue weighted by atomic mass is 19.1. The molecule has 0 radical (unpaired) electrons. The Labute approximate surface area is 146 Å². The lowest BCUT2D eigenvalue weighted by Gasteiger charge is -2.22. The van der Waals surface area contributed by atoms with Crippen LogP contribution in [0.5, 0.6) is 0 Å². The van der Waals surface area contributed by atoms with Gasteiger partial charge in [0, 0.05) is 6.61 Å². The first kappa shape index (κ1) is 17.4. The van der Waals surface area contributed by atoms with Crippen LogP contribution in [-0.4, -0.2) is 34.6 Å². The minimum Gasteiger partial charge on any atom is -0.376 e. The minimum absolute atomic E-state index is 0.0237. The van der Waals surface area contributed by atoms with E-state index < -0.39 is 0 Å². The molecule has 2 N–H and O–H groups in total. The van der Waals surface area contributed by atoms with Gasteiger partial charge in [0.15, 0.2) is 0 Å². The predicted molar refractivity (Wildman–Crippen MR) is 93.5 cm³/mol. The smallest absolute Gasteiger partial charge is 0.319 e. The number of amides is 2. The molecule has 1 aliphatic heterocycles. The van der Waals surface area contributed by atoms with Crippen molar-refractivity contribution in [3.8, 4) is 5.69 Å². The van der Waals surface area contributed by atoms with Crippen LogP contribution in [0.1, 0.15) is 31.9 Å². The van der Waals surface area contributed by atoms with Gasteiger partial charge in [0.05, 0.1) is 29.7 Å². The number of hydrogen-bond acceptors (Lipinski definition) is 3. The summed E-state index contributed by atoms with van der Waals surface area (Å²) < 4.78 is 21.1. The van der Waals surface area contributed by atoms with Crippen LogP contribution in [0.4, 0.5) is 14.9 Å². The summed E-state index contributed by atoms with van der Waals surface area (Å²) in [5, 5.41) is 9.94. The van der Waals surface area contributed by atoms with E-state index in [-0.39, 0.29) is 24.0 Å². The molecule has 0 unspecified atom stereocenters. The van der Waals surface area contributed by atoms with Gasteiger partial charge in [-0.15, -0.1) is 0 Å². The van der Waals surface area contributed by atoms with Crippen molar-refractivity contribution in [1.29, 1.82) is 0 Å². The maximum Gasteiger partial charge on any atom is 0.319 e. The van der Waals surface area contributed by atoms with E-state index in [1.165, 1.54) is 16.9 Å². The molecule has 0 bridgehead atoms. The van der Waals surface area contributed by atoms with Crippen molar-refractivity contribution in [2.45, 2.75) is 45.3 Å². The molecule has 1 aliphatic rings. The van der Waals surface area contributed by atoms with Crippen molar-refractivity contribution in [3.05, 3.63) is 42.0 Å². The number of halogens is 1. The number of aromatic nitrogens is 2. The van der Waals surface area contributed by atoms with E-state index in [2.05, 4.69) is 15.7 Å². The highest BCUT2D eigenvalue weighted by Gasteiger charge is 2.26. The van der Waals surface area contributed by atoms with Crippen molar-refractivity contribution in [2.75, 3.05) is 11.9 Å². The molecule has 1 aromatic carbocycles. The quantitative estimate of drug-likeness (QED) is 0.872. The molecule has 3 rings (SSSR count). The third kappa shape index (κ3) is 3.82. The summed E-state index contributed by atoms with van der Waals surface area (Å²) in [5.74, 6) is -0.367. The van der Waals surface area contributed by atoms with E-state index in [1.54, 1.807) is 25.1 Å². The first-order valence-electron chi connectivity index (χ1n) is 8.58. The number of benzene rings is 1. The Bertz CT molecular complexity index is 740. The van der Waals surface area contributed by atoms with Gasteiger partial charge < -0.3 is 15.4 Å². The Kier molecular flexibility index (Phi) is 5.33. The Morgan fingerprint density at radius 3 is 2.96 bits per heavy atom. The number of carbonyl (C=O) groups is 1. The zero-order valence-corrected chi connectivity index (χ0v) is 14.5. The van der Waals surface area contributed by atoms with Gasteiger partial charge in [-0.2, -0.15) is 5.10 Å². The highest BCUT2D eigenvalue weighted by molar-refractivity contribution is 5.90. The summed E-state index contributed by atoms with van der Waals surface area (Å²) in [5.41, 5.74) is 1.55. The van der Waals surface area contributed by atoms with Crippen molar-refractivity contribution in [3.63, 3.8) is 0 Å². The Morgan fingerprint density at radius 2 is 2.28 bits per heavy atom. The number of ether oxygens (including phenoxy) is 1. The summed E-state index contributed by atoms with van der Waals surface area (Å²) in [6.07, 6.45) is 4.38. The van der Waals surface area contributed by atoms with Crippen molar-refractivity contribution < 1.29 is 13.9 Å². The maximum atomic E-state index is 13.9. The fourth-order valence-corrected chi connectivity index (χ4v) is 3.10. The van der Waals surface area contributed by atoms with Crippen LogP contribution in [0.15, 0.2) is 30.5 Å². The number of para-hydroxylation sites is 1. The number of anilines is 1. The molecule has 0 saturated carbocycles. The van der Waals surface area contributed by atoms with Crippen LogP contribution in [0, 0.1) is 12.7 Å². The van der Waals surface area contributed by atoms with Gasteiger partial charge in [0.2, 0.25) is 0 Å². The molecule has 2 aromatic rings.